The Labute approximate surface area is 124 Å². The zero-order valence-corrected chi connectivity index (χ0v) is 12.4. The van der Waals surface area contributed by atoms with Crippen molar-refractivity contribution in [2.45, 2.75) is 18.9 Å². The van der Waals surface area contributed by atoms with Crippen molar-refractivity contribution < 1.29 is 14.2 Å². The molecule has 5 heteroatoms. The highest BCUT2D eigenvalue weighted by Gasteiger charge is 2.28. The third-order valence-corrected chi connectivity index (χ3v) is 4.07. The minimum atomic E-state index is -0.0828. The van der Waals surface area contributed by atoms with Gasteiger partial charge in [0.25, 0.3) is 0 Å². The fourth-order valence-corrected chi connectivity index (χ4v) is 2.67. The number of methoxy groups -OCH3 is 1. The summed E-state index contributed by atoms with van der Waals surface area (Å²) in [5.41, 5.74) is 0.902. The van der Waals surface area contributed by atoms with Gasteiger partial charge in [-0.15, -0.1) is 0 Å². The van der Waals surface area contributed by atoms with Gasteiger partial charge in [-0.1, -0.05) is 11.6 Å². The zero-order chi connectivity index (χ0) is 13.9. The molecule has 1 aromatic rings. The molecular weight excluding hydrogens is 278 g/mol. The van der Waals surface area contributed by atoms with Gasteiger partial charge in [-0.25, -0.2) is 0 Å². The van der Waals surface area contributed by atoms with Crippen molar-refractivity contribution in [2.24, 2.45) is 5.92 Å². The lowest BCUT2D eigenvalue weighted by atomic mass is 10.1. The van der Waals surface area contributed by atoms with Gasteiger partial charge in [0, 0.05) is 18.7 Å². The smallest absolute Gasteiger partial charge is 0.168 e. The Morgan fingerprint density at radius 1 is 1.40 bits per heavy atom. The summed E-state index contributed by atoms with van der Waals surface area (Å²) in [6, 6.07) is 3.70. The van der Waals surface area contributed by atoms with Crippen molar-refractivity contribution in [3.8, 4) is 11.5 Å². The Hall–Kier alpha value is -0.970. The number of hydrogen-bond donors (Lipinski definition) is 1. The molecule has 1 saturated carbocycles. The minimum Gasteiger partial charge on any atom is -0.493 e. The van der Waals surface area contributed by atoms with E-state index in [1.807, 2.05) is 12.1 Å². The third-order valence-electron chi connectivity index (χ3n) is 3.74. The summed E-state index contributed by atoms with van der Waals surface area (Å²) in [6.07, 6.45) is 2.42. The monoisotopic (exact) mass is 297 g/mol. The molecule has 1 saturated heterocycles. The first-order chi connectivity index (χ1) is 9.79. The highest BCUT2D eigenvalue weighted by molar-refractivity contribution is 6.31. The first-order valence-electron chi connectivity index (χ1n) is 7.11. The first kappa shape index (κ1) is 14.0. The molecule has 1 heterocycles. The van der Waals surface area contributed by atoms with Gasteiger partial charge in [0.1, 0.15) is 6.10 Å². The SMILES string of the molecule is COc1ccc(Cl)c(C2CNCCO2)c1OCC1CC1. The lowest BCUT2D eigenvalue weighted by molar-refractivity contribution is 0.0256. The van der Waals surface area contributed by atoms with Gasteiger partial charge in [-0.2, -0.15) is 0 Å². The van der Waals surface area contributed by atoms with Crippen LogP contribution in [0.5, 0.6) is 11.5 Å². The third kappa shape index (κ3) is 3.03. The molecule has 2 fully saturated rings. The number of ether oxygens (including phenoxy) is 3. The second-order valence-corrected chi connectivity index (χ2v) is 5.72. The lowest BCUT2D eigenvalue weighted by Crippen LogP contribution is -2.33. The highest BCUT2D eigenvalue weighted by Crippen LogP contribution is 2.42. The van der Waals surface area contributed by atoms with Crippen LogP contribution in [0.2, 0.25) is 5.02 Å². The van der Waals surface area contributed by atoms with Crippen LogP contribution in [0.4, 0.5) is 0 Å². The van der Waals surface area contributed by atoms with Crippen LogP contribution in [0.15, 0.2) is 12.1 Å². The predicted octanol–water partition coefficient (Wildman–Crippen LogP) is 2.80. The van der Waals surface area contributed by atoms with Gasteiger partial charge >= 0.3 is 0 Å². The summed E-state index contributed by atoms with van der Waals surface area (Å²) >= 11 is 6.38. The quantitative estimate of drug-likeness (QED) is 0.907. The topological polar surface area (TPSA) is 39.7 Å². The number of halogens is 1. The fraction of sp³-hybridized carbons (Fsp3) is 0.600. The van der Waals surface area contributed by atoms with Crippen LogP contribution in [0.3, 0.4) is 0 Å². The molecule has 2 aliphatic rings. The molecule has 0 aromatic heterocycles. The van der Waals surface area contributed by atoms with E-state index >= 15 is 0 Å². The van der Waals surface area contributed by atoms with E-state index in [0.717, 1.165) is 36.8 Å². The van der Waals surface area contributed by atoms with Crippen LogP contribution in [-0.4, -0.2) is 33.4 Å². The molecule has 0 amide bonds. The maximum Gasteiger partial charge on any atom is 0.168 e. The molecule has 1 aliphatic carbocycles. The number of morpholine rings is 1. The van der Waals surface area contributed by atoms with Crippen molar-refractivity contribution in [1.82, 2.24) is 5.32 Å². The fourth-order valence-electron chi connectivity index (χ4n) is 2.40. The largest absolute Gasteiger partial charge is 0.493 e. The van der Waals surface area contributed by atoms with E-state index < -0.39 is 0 Å². The average Bonchev–Trinajstić information content (AvgIpc) is 3.30. The van der Waals surface area contributed by atoms with E-state index in [2.05, 4.69) is 5.32 Å². The number of hydrogen-bond acceptors (Lipinski definition) is 4. The summed E-state index contributed by atoms with van der Waals surface area (Å²) in [5.74, 6) is 2.14. The minimum absolute atomic E-state index is 0.0828. The Balaban J connectivity index is 1.90. The van der Waals surface area contributed by atoms with Gasteiger partial charge in [-0.3, -0.25) is 0 Å². The van der Waals surface area contributed by atoms with E-state index in [1.165, 1.54) is 12.8 Å². The molecule has 1 unspecified atom stereocenters. The lowest BCUT2D eigenvalue weighted by Gasteiger charge is -2.27. The Morgan fingerprint density at radius 2 is 2.25 bits per heavy atom. The molecule has 1 N–H and O–H groups in total. The zero-order valence-electron chi connectivity index (χ0n) is 11.7. The Kier molecular flexibility index (Phi) is 4.34. The van der Waals surface area contributed by atoms with Crippen LogP contribution in [0, 0.1) is 5.92 Å². The van der Waals surface area contributed by atoms with Crippen LogP contribution in [-0.2, 0) is 4.74 Å². The van der Waals surface area contributed by atoms with E-state index in [-0.39, 0.29) is 6.10 Å². The molecule has 0 bridgehead atoms. The molecule has 1 aromatic carbocycles. The van der Waals surface area contributed by atoms with Crippen molar-refractivity contribution >= 4 is 11.6 Å². The van der Waals surface area contributed by atoms with Crippen LogP contribution >= 0.6 is 11.6 Å². The molecule has 20 heavy (non-hydrogen) atoms. The average molecular weight is 298 g/mol. The van der Waals surface area contributed by atoms with Crippen LogP contribution in [0.25, 0.3) is 0 Å². The molecular formula is C15H20ClNO3. The predicted molar refractivity (Wildman–Crippen MR) is 77.8 cm³/mol. The molecule has 0 spiro atoms. The van der Waals surface area contributed by atoms with E-state index in [4.69, 9.17) is 25.8 Å². The van der Waals surface area contributed by atoms with Crippen molar-refractivity contribution in [2.75, 3.05) is 33.4 Å². The first-order valence-corrected chi connectivity index (χ1v) is 7.49. The molecule has 4 nitrogen and oxygen atoms in total. The van der Waals surface area contributed by atoms with Gasteiger partial charge < -0.3 is 19.5 Å². The Morgan fingerprint density at radius 3 is 2.90 bits per heavy atom. The summed E-state index contributed by atoms with van der Waals surface area (Å²) in [6.45, 7) is 3.02. The molecule has 1 aliphatic heterocycles. The number of rotatable bonds is 5. The summed E-state index contributed by atoms with van der Waals surface area (Å²) < 4.78 is 17.2. The second-order valence-electron chi connectivity index (χ2n) is 5.31. The standard InChI is InChI=1S/C15H20ClNO3/c1-18-12-5-4-11(16)14(13-8-17-6-7-19-13)15(12)20-9-10-2-3-10/h4-5,10,13,17H,2-3,6-9H2,1H3. The van der Waals surface area contributed by atoms with E-state index in [9.17, 15) is 0 Å². The number of benzene rings is 1. The molecule has 0 radical (unpaired) electrons. The summed E-state index contributed by atoms with van der Waals surface area (Å²) in [5, 5.41) is 3.99. The molecule has 3 rings (SSSR count). The van der Waals surface area contributed by atoms with Gasteiger partial charge in [0.15, 0.2) is 11.5 Å². The van der Waals surface area contributed by atoms with E-state index in [0.29, 0.717) is 17.5 Å². The van der Waals surface area contributed by atoms with Crippen molar-refractivity contribution in [3.63, 3.8) is 0 Å². The van der Waals surface area contributed by atoms with E-state index in [1.54, 1.807) is 7.11 Å². The van der Waals surface area contributed by atoms with Crippen molar-refractivity contribution in [1.29, 1.82) is 0 Å². The van der Waals surface area contributed by atoms with Crippen LogP contribution < -0.4 is 14.8 Å². The van der Waals surface area contributed by atoms with Crippen LogP contribution in [0.1, 0.15) is 24.5 Å². The second kappa shape index (κ2) is 6.20. The maximum absolute atomic E-state index is 6.38. The number of nitrogens with one attached hydrogen (secondary N) is 1. The molecule has 1 atom stereocenters. The normalized spacial score (nSPS) is 22.6. The van der Waals surface area contributed by atoms with Gasteiger partial charge in [-0.05, 0) is 30.9 Å². The maximum atomic E-state index is 6.38. The molecule has 110 valence electrons. The van der Waals surface area contributed by atoms with Gasteiger partial charge in [0.2, 0.25) is 0 Å². The summed E-state index contributed by atoms with van der Waals surface area (Å²) in [4.78, 5) is 0. The van der Waals surface area contributed by atoms with Gasteiger partial charge in [0.05, 0.1) is 25.3 Å². The highest BCUT2D eigenvalue weighted by atomic mass is 35.5. The summed E-state index contributed by atoms with van der Waals surface area (Å²) in [7, 11) is 1.65. The van der Waals surface area contributed by atoms with Crippen molar-refractivity contribution in [3.05, 3.63) is 22.7 Å². The Bertz CT molecular complexity index is 470.